The van der Waals surface area contributed by atoms with Crippen molar-refractivity contribution in [1.29, 1.82) is 0 Å². The summed E-state index contributed by atoms with van der Waals surface area (Å²) in [5.74, 6) is 1.37. The fraction of sp³-hybridized carbons (Fsp3) is 0.455. The Hall–Kier alpha value is -2.44. The highest BCUT2D eigenvalue weighted by Crippen LogP contribution is 2.17. The highest BCUT2D eigenvalue weighted by molar-refractivity contribution is 5.79. The maximum absolute atomic E-state index is 5.73. The predicted octanol–water partition coefficient (Wildman–Crippen LogP) is 2.86. The van der Waals surface area contributed by atoms with Crippen LogP contribution in [0.15, 0.2) is 53.7 Å². The van der Waals surface area contributed by atoms with Crippen LogP contribution in [0.2, 0.25) is 0 Å². The number of ether oxygens (including phenoxy) is 2. The van der Waals surface area contributed by atoms with Crippen molar-refractivity contribution in [1.82, 2.24) is 15.6 Å². The van der Waals surface area contributed by atoms with Crippen LogP contribution in [0.25, 0.3) is 11.3 Å². The summed E-state index contributed by atoms with van der Waals surface area (Å²) < 4.78 is 11.1. The van der Waals surface area contributed by atoms with Gasteiger partial charge in [-0.05, 0) is 36.6 Å². The van der Waals surface area contributed by atoms with Crippen LogP contribution in [0.3, 0.4) is 0 Å². The normalized spacial score (nSPS) is 16.9. The minimum atomic E-state index is 0.573. The Balaban J connectivity index is 1.36. The van der Waals surface area contributed by atoms with Crippen LogP contribution in [-0.4, -0.2) is 51.0 Å². The van der Waals surface area contributed by atoms with Gasteiger partial charge in [-0.15, -0.1) is 0 Å². The Kier molecular flexibility index (Phi) is 8.27. The van der Waals surface area contributed by atoms with Gasteiger partial charge in [0.2, 0.25) is 0 Å². The van der Waals surface area contributed by atoms with Gasteiger partial charge < -0.3 is 20.1 Å². The zero-order valence-corrected chi connectivity index (χ0v) is 16.6. The van der Waals surface area contributed by atoms with Crippen molar-refractivity contribution in [2.24, 2.45) is 10.9 Å². The smallest absolute Gasteiger partial charge is 0.191 e. The van der Waals surface area contributed by atoms with E-state index < -0.39 is 0 Å². The lowest BCUT2D eigenvalue weighted by molar-refractivity contribution is 0.0888. The number of pyridine rings is 1. The quantitative estimate of drug-likeness (QED) is 0.397. The SMILES string of the molecule is CN=C(NCCCOCC1CCOC1)NCc1cccc(-c2ccccn2)c1. The molecule has 6 nitrogen and oxygen atoms in total. The molecule has 1 atom stereocenters. The fourth-order valence-corrected chi connectivity index (χ4v) is 3.13. The Labute approximate surface area is 167 Å². The number of nitrogens with zero attached hydrogens (tertiary/aromatic N) is 2. The van der Waals surface area contributed by atoms with Crippen LogP contribution in [0.4, 0.5) is 0 Å². The molecule has 1 saturated heterocycles. The molecule has 0 radical (unpaired) electrons. The maximum Gasteiger partial charge on any atom is 0.191 e. The zero-order chi connectivity index (χ0) is 19.4. The number of hydrogen-bond donors (Lipinski definition) is 2. The first-order chi connectivity index (χ1) is 13.8. The highest BCUT2D eigenvalue weighted by Gasteiger charge is 2.15. The predicted molar refractivity (Wildman–Crippen MR) is 112 cm³/mol. The molecule has 28 heavy (non-hydrogen) atoms. The first-order valence-corrected chi connectivity index (χ1v) is 9.95. The van der Waals surface area contributed by atoms with E-state index in [4.69, 9.17) is 9.47 Å². The average molecular weight is 383 g/mol. The minimum absolute atomic E-state index is 0.573. The molecule has 0 spiro atoms. The number of guanidine groups is 1. The fourth-order valence-electron chi connectivity index (χ4n) is 3.13. The van der Waals surface area contributed by atoms with Gasteiger partial charge in [0.05, 0.1) is 18.9 Å². The van der Waals surface area contributed by atoms with Crippen molar-refractivity contribution >= 4 is 5.96 Å². The molecule has 2 N–H and O–H groups in total. The van der Waals surface area contributed by atoms with Gasteiger partial charge in [-0.25, -0.2) is 0 Å². The maximum atomic E-state index is 5.73. The summed E-state index contributed by atoms with van der Waals surface area (Å²) in [6, 6.07) is 14.4. The zero-order valence-electron chi connectivity index (χ0n) is 16.6. The molecule has 1 fully saturated rings. The summed E-state index contributed by atoms with van der Waals surface area (Å²) in [5, 5.41) is 6.70. The number of benzene rings is 1. The molecule has 1 unspecified atom stereocenters. The molecule has 0 saturated carbocycles. The number of rotatable bonds is 9. The Morgan fingerprint density at radius 2 is 2.21 bits per heavy atom. The molecular weight excluding hydrogens is 352 g/mol. The molecule has 1 aliphatic rings. The second-order valence-electron chi connectivity index (χ2n) is 6.93. The van der Waals surface area contributed by atoms with Crippen LogP contribution >= 0.6 is 0 Å². The van der Waals surface area contributed by atoms with Gasteiger partial charge in [-0.1, -0.05) is 24.3 Å². The van der Waals surface area contributed by atoms with Crippen LogP contribution in [0, 0.1) is 5.92 Å². The van der Waals surface area contributed by atoms with Gasteiger partial charge in [0.25, 0.3) is 0 Å². The molecule has 0 aliphatic carbocycles. The van der Waals surface area contributed by atoms with E-state index in [1.807, 2.05) is 24.4 Å². The summed E-state index contributed by atoms with van der Waals surface area (Å²) in [6.45, 7) is 4.82. The van der Waals surface area contributed by atoms with Crippen LogP contribution < -0.4 is 10.6 Å². The van der Waals surface area contributed by atoms with Gasteiger partial charge in [-0.2, -0.15) is 0 Å². The van der Waals surface area contributed by atoms with E-state index in [-0.39, 0.29) is 0 Å². The molecule has 1 aromatic carbocycles. The van der Waals surface area contributed by atoms with Gasteiger partial charge in [-0.3, -0.25) is 9.98 Å². The van der Waals surface area contributed by atoms with Gasteiger partial charge in [0.1, 0.15) is 0 Å². The molecule has 2 heterocycles. The van der Waals surface area contributed by atoms with E-state index >= 15 is 0 Å². The van der Waals surface area contributed by atoms with Crippen molar-refractivity contribution in [2.45, 2.75) is 19.4 Å². The monoisotopic (exact) mass is 382 g/mol. The molecule has 6 heteroatoms. The van der Waals surface area contributed by atoms with Gasteiger partial charge in [0, 0.05) is 51.0 Å². The molecule has 150 valence electrons. The molecule has 3 rings (SSSR count). The molecular formula is C22H30N4O2. The highest BCUT2D eigenvalue weighted by atomic mass is 16.5. The number of hydrogen-bond acceptors (Lipinski definition) is 4. The Morgan fingerprint density at radius 3 is 3.00 bits per heavy atom. The summed E-state index contributed by atoms with van der Waals surface area (Å²) >= 11 is 0. The second kappa shape index (κ2) is 11.4. The summed E-state index contributed by atoms with van der Waals surface area (Å²) in [4.78, 5) is 8.71. The first kappa shape index (κ1) is 20.3. The van der Waals surface area contributed by atoms with Gasteiger partial charge in [0.15, 0.2) is 5.96 Å². The summed E-state index contributed by atoms with van der Waals surface area (Å²) in [6.07, 6.45) is 3.89. The second-order valence-corrected chi connectivity index (χ2v) is 6.93. The van der Waals surface area contributed by atoms with E-state index in [9.17, 15) is 0 Å². The Morgan fingerprint density at radius 1 is 1.25 bits per heavy atom. The van der Waals surface area contributed by atoms with Crippen molar-refractivity contribution in [3.05, 3.63) is 54.2 Å². The first-order valence-electron chi connectivity index (χ1n) is 9.95. The number of aliphatic imine (C=N–C) groups is 1. The van der Waals surface area contributed by atoms with E-state index in [1.165, 1.54) is 5.56 Å². The van der Waals surface area contributed by atoms with Crippen molar-refractivity contribution in [3.8, 4) is 11.3 Å². The molecule has 0 amide bonds. The summed E-state index contributed by atoms with van der Waals surface area (Å²) in [7, 11) is 1.79. The standard InChI is InChI=1S/C22H30N4O2/c1-23-22(25-11-5-12-27-16-19-9-13-28-17-19)26-15-18-6-4-7-20(14-18)21-8-2-3-10-24-21/h2-4,6-8,10,14,19H,5,9,11-13,15-17H2,1H3,(H2,23,25,26). The lowest BCUT2D eigenvalue weighted by Gasteiger charge is -2.13. The number of nitrogens with one attached hydrogen (secondary N) is 2. The third kappa shape index (κ3) is 6.62. The van der Waals surface area contributed by atoms with E-state index in [1.54, 1.807) is 7.05 Å². The van der Waals surface area contributed by atoms with Gasteiger partial charge >= 0.3 is 0 Å². The van der Waals surface area contributed by atoms with Crippen molar-refractivity contribution < 1.29 is 9.47 Å². The lowest BCUT2D eigenvalue weighted by Crippen LogP contribution is -2.37. The van der Waals surface area contributed by atoms with E-state index in [0.29, 0.717) is 12.5 Å². The molecule has 1 aromatic heterocycles. The lowest BCUT2D eigenvalue weighted by atomic mass is 10.1. The third-order valence-electron chi connectivity index (χ3n) is 4.71. The minimum Gasteiger partial charge on any atom is -0.381 e. The van der Waals surface area contributed by atoms with Crippen molar-refractivity contribution in [2.75, 3.05) is 40.0 Å². The van der Waals surface area contributed by atoms with Crippen molar-refractivity contribution in [3.63, 3.8) is 0 Å². The van der Waals surface area contributed by atoms with Crippen LogP contribution in [-0.2, 0) is 16.0 Å². The number of aromatic nitrogens is 1. The topological polar surface area (TPSA) is 67.8 Å². The Bertz CT molecular complexity index is 730. The van der Waals surface area contributed by atoms with E-state index in [2.05, 4.69) is 44.9 Å². The molecule has 0 bridgehead atoms. The van der Waals surface area contributed by atoms with E-state index in [0.717, 1.165) is 63.0 Å². The molecule has 1 aliphatic heterocycles. The summed E-state index contributed by atoms with van der Waals surface area (Å²) in [5.41, 5.74) is 3.29. The molecule has 2 aromatic rings. The average Bonchev–Trinajstić information content (AvgIpc) is 3.27. The van der Waals surface area contributed by atoms with Crippen LogP contribution in [0.5, 0.6) is 0 Å². The third-order valence-corrected chi connectivity index (χ3v) is 4.71. The van der Waals surface area contributed by atoms with Crippen LogP contribution in [0.1, 0.15) is 18.4 Å². The largest absolute Gasteiger partial charge is 0.381 e.